The predicted octanol–water partition coefficient (Wildman–Crippen LogP) is 4.22. The van der Waals surface area contributed by atoms with E-state index in [0.29, 0.717) is 24.5 Å². The number of aryl methyl sites for hydroxylation is 1. The summed E-state index contributed by atoms with van der Waals surface area (Å²) in [4.78, 5) is 43.1. The number of carbonyl (C=O) groups excluding carboxylic acids is 1. The maximum absolute atomic E-state index is 15.4. The van der Waals surface area contributed by atoms with Gasteiger partial charge in [0.05, 0.1) is 17.4 Å². The average Bonchev–Trinajstić information content (AvgIpc) is 2.99. The van der Waals surface area contributed by atoms with Crippen molar-refractivity contribution in [3.8, 4) is 11.4 Å². The van der Waals surface area contributed by atoms with Crippen LogP contribution in [0.5, 0.6) is 5.75 Å². The number of hydrogen-bond donors (Lipinski definition) is 0. The molecule has 3 aromatic heterocycles. The molecule has 0 aliphatic carbocycles. The number of piperazine rings is 1. The number of hydrogen-bond acceptors (Lipinski definition) is 8. The van der Waals surface area contributed by atoms with Gasteiger partial charge in [0.1, 0.15) is 23.4 Å². The second-order valence-corrected chi connectivity index (χ2v) is 11.3. The Bertz CT molecular complexity index is 1500. The molecule has 0 N–H and O–H groups in total. The highest BCUT2D eigenvalue weighted by molar-refractivity contribution is 6.30. The number of pyridine rings is 2. The lowest BCUT2D eigenvalue weighted by Gasteiger charge is -2.41. The summed E-state index contributed by atoms with van der Waals surface area (Å²) in [7, 11) is 0. The van der Waals surface area contributed by atoms with Gasteiger partial charge < -0.3 is 19.3 Å². The van der Waals surface area contributed by atoms with Gasteiger partial charge in [0.15, 0.2) is 16.5 Å². The van der Waals surface area contributed by atoms with Crippen LogP contribution in [0.3, 0.4) is 0 Å². The second-order valence-electron chi connectivity index (χ2n) is 10.9. The molecule has 5 rings (SSSR count). The molecule has 5 heterocycles. The minimum absolute atomic E-state index is 0.0147. The van der Waals surface area contributed by atoms with E-state index in [-0.39, 0.29) is 41.7 Å². The first-order chi connectivity index (χ1) is 17.9. The SMILES string of the molecule is Cc1ccnc(C(C)C)c1-n1c(=O)nc2c3c(c(F)c(Cl)nc31)OC[C@H]1CN(C(=O)OC(C)(C)C)CCN21. The number of carbonyl (C=O) groups is 1. The van der Waals surface area contributed by atoms with E-state index in [0.717, 1.165) is 5.56 Å². The normalized spacial score (nSPS) is 17.3. The zero-order valence-electron chi connectivity index (χ0n) is 22.2. The van der Waals surface area contributed by atoms with Crippen LogP contribution in [0.15, 0.2) is 17.1 Å². The Kier molecular flexibility index (Phi) is 6.45. The first-order valence-electron chi connectivity index (χ1n) is 12.5. The van der Waals surface area contributed by atoms with Crippen molar-refractivity contribution in [1.82, 2.24) is 24.4 Å². The van der Waals surface area contributed by atoms with E-state index < -0.39 is 34.4 Å². The van der Waals surface area contributed by atoms with Crippen molar-refractivity contribution in [2.45, 2.75) is 59.1 Å². The van der Waals surface area contributed by atoms with E-state index in [1.165, 1.54) is 4.57 Å². The Morgan fingerprint density at radius 2 is 2.00 bits per heavy atom. The molecule has 0 unspecified atom stereocenters. The third kappa shape index (κ3) is 4.42. The van der Waals surface area contributed by atoms with Crippen LogP contribution in [0, 0.1) is 12.7 Å². The Hall–Kier alpha value is -3.47. The van der Waals surface area contributed by atoms with Crippen LogP contribution >= 0.6 is 11.6 Å². The lowest BCUT2D eigenvalue weighted by Crippen LogP contribution is -2.57. The summed E-state index contributed by atoms with van der Waals surface area (Å²) in [6.45, 7) is 12.2. The summed E-state index contributed by atoms with van der Waals surface area (Å²) in [5.74, 6) is -0.720. The number of fused-ring (bicyclic) bond motifs is 2. The van der Waals surface area contributed by atoms with Gasteiger partial charge in [0.25, 0.3) is 0 Å². The third-order valence-corrected chi connectivity index (χ3v) is 6.87. The molecule has 1 fully saturated rings. The van der Waals surface area contributed by atoms with E-state index in [1.54, 1.807) is 37.9 Å². The molecule has 202 valence electrons. The minimum atomic E-state index is -0.830. The van der Waals surface area contributed by atoms with Crippen LogP contribution in [0.1, 0.15) is 51.8 Å². The van der Waals surface area contributed by atoms with Crippen LogP contribution in [-0.2, 0) is 4.74 Å². The van der Waals surface area contributed by atoms with Crippen molar-refractivity contribution in [3.63, 3.8) is 0 Å². The summed E-state index contributed by atoms with van der Waals surface area (Å²) in [6, 6.07) is 1.39. The zero-order chi connectivity index (χ0) is 27.5. The van der Waals surface area contributed by atoms with Crippen LogP contribution in [0.2, 0.25) is 5.15 Å². The number of ether oxygens (including phenoxy) is 2. The van der Waals surface area contributed by atoms with Gasteiger partial charge in [-0.1, -0.05) is 25.4 Å². The minimum Gasteiger partial charge on any atom is -0.487 e. The number of anilines is 1. The molecular weight excluding hydrogens is 515 g/mol. The largest absolute Gasteiger partial charge is 0.487 e. The highest BCUT2D eigenvalue weighted by atomic mass is 35.5. The van der Waals surface area contributed by atoms with E-state index in [4.69, 9.17) is 21.1 Å². The fourth-order valence-corrected chi connectivity index (χ4v) is 5.10. The lowest BCUT2D eigenvalue weighted by molar-refractivity contribution is 0.0201. The molecular formula is C26H30ClFN6O4. The molecule has 1 atom stereocenters. The van der Waals surface area contributed by atoms with Crippen molar-refractivity contribution in [3.05, 3.63) is 45.0 Å². The van der Waals surface area contributed by atoms with Gasteiger partial charge in [-0.3, -0.25) is 4.98 Å². The van der Waals surface area contributed by atoms with Gasteiger partial charge in [0, 0.05) is 25.8 Å². The lowest BCUT2D eigenvalue weighted by atomic mass is 10.0. The van der Waals surface area contributed by atoms with Crippen molar-refractivity contribution in [1.29, 1.82) is 0 Å². The van der Waals surface area contributed by atoms with Gasteiger partial charge in [-0.05, 0) is 45.2 Å². The summed E-state index contributed by atoms with van der Waals surface area (Å²) < 4.78 is 28.2. The van der Waals surface area contributed by atoms with Crippen molar-refractivity contribution >= 4 is 34.5 Å². The molecule has 38 heavy (non-hydrogen) atoms. The number of nitrogens with zero attached hydrogens (tertiary/aromatic N) is 6. The average molecular weight is 545 g/mol. The highest BCUT2D eigenvalue weighted by Crippen LogP contribution is 2.41. The first-order valence-corrected chi connectivity index (χ1v) is 12.9. The molecule has 0 radical (unpaired) electrons. The standard InChI is InChI=1S/C26H30ClFN6O4/c1-13(2)18-19(14(3)7-8-29-18)34-23-16-20(17(28)21(27)30-23)37-12-15-11-32(25(36)38-26(4,5)6)9-10-33(15)22(16)31-24(34)35/h7-8,13,15H,9-12H2,1-6H3/t15-/m1/s1. The Balaban J connectivity index is 1.69. The maximum atomic E-state index is 15.4. The molecule has 2 aliphatic rings. The zero-order valence-corrected chi connectivity index (χ0v) is 23.0. The van der Waals surface area contributed by atoms with Crippen molar-refractivity contribution < 1.29 is 18.7 Å². The van der Waals surface area contributed by atoms with E-state index in [2.05, 4.69) is 15.0 Å². The van der Waals surface area contributed by atoms with Gasteiger partial charge in [-0.2, -0.15) is 9.37 Å². The number of rotatable bonds is 2. The molecule has 1 saturated heterocycles. The smallest absolute Gasteiger partial charge is 0.410 e. The Morgan fingerprint density at radius 3 is 2.68 bits per heavy atom. The molecule has 0 saturated carbocycles. The van der Waals surface area contributed by atoms with Gasteiger partial charge in [-0.25, -0.2) is 19.1 Å². The number of amides is 1. The Labute approximate surface area is 224 Å². The van der Waals surface area contributed by atoms with Gasteiger partial charge in [0.2, 0.25) is 5.82 Å². The third-order valence-electron chi connectivity index (χ3n) is 6.61. The van der Waals surface area contributed by atoms with Gasteiger partial charge in [-0.15, -0.1) is 0 Å². The summed E-state index contributed by atoms with van der Waals surface area (Å²) in [6.07, 6.45) is 1.23. The number of halogens is 2. The summed E-state index contributed by atoms with van der Waals surface area (Å²) in [5, 5.41) is -0.168. The molecule has 2 aliphatic heterocycles. The monoisotopic (exact) mass is 544 g/mol. The highest BCUT2D eigenvalue weighted by Gasteiger charge is 2.38. The predicted molar refractivity (Wildman–Crippen MR) is 141 cm³/mol. The molecule has 10 nitrogen and oxygen atoms in total. The molecule has 1 amide bonds. The second kappa shape index (κ2) is 9.37. The fraction of sp³-hybridized carbons (Fsp3) is 0.500. The van der Waals surface area contributed by atoms with E-state index >= 15 is 4.39 Å². The van der Waals surface area contributed by atoms with Crippen LogP contribution in [-0.4, -0.2) is 68.4 Å². The van der Waals surface area contributed by atoms with E-state index in [9.17, 15) is 9.59 Å². The Morgan fingerprint density at radius 1 is 1.26 bits per heavy atom. The quantitative estimate of drug-likeness (QED) is 0.442. The van der Waals surface area contributed by atoms with Crippen LogP contribution in [0.4, 0.5) is 15.0 Å². The van der Waals surface area contributed by atoms with Crippen LogP contribution < -0.4 is 15.3 Å². The number of aromatic nitrogens is 4. The molecule has 3 aromatic rings. The molecule has 12 heteroatoms. The van der Waals surface area contributed by atoms with E-state index in [1.807, 2.05) is 25.7 Å². The topological polar surface area (TPSA) is 103 Å². The van der Waals surface area contributed by atoms with Gasteiger partial charge >= 0.3 is 11.8 Å². The first kappa shape index (κ1) is 26.1. The molecule has 0 aromatic carbocycles. The molecule has 0 bridgehead atoms. The fourth-order valence-electron chi connectivity index (χ4n) is 4.93. The van der Waals surface area contributed by atoms with Crippen molar-refractivity contribution in [2.75, 3.05) is 31.1 Å². The van der Waals surface area contributed by atoms with Crippen LogP contribution in [0.25, 0.3) is 16.7 Å². The molecule has 0 spiro atoms. The summed E-state index contributed by atoms with van der Waals surface area (Å²) in [5.41, 5.74) is 0.879. The van der Waals surface area contributed by atoms with Crippen molar-refractivity contribution in [2.24, 2.45) is 0 Å². The maximum Gasteiger partial charge on any atom is 0.410 e. The summed E-state index contributed by atoms with van der Waals surface area (Å²) >= 11 is 6.23.